The van der Waals surface area contributed by atoms with Crippen LogP contribution in [0.4, 0.5) is 5.69 Å². The number of likely N-dealkylation sites (N-methyl/N-ethyl adjacent to an activating group) is 1. The summed E-state index contributed by atoms with van der Waals surface area (Å²) in [5.41, 5.74) is 7.56. The lowest BCUT2D eigenvalue weighted by molar-refractivity contribution is -0.119. The van der Waals surface area contributed by atoms with Crippen molar-refractivity contribution < 1.29 is 9.53 Å². The summed E-state index contributed by atoms with van der Waals surface area (Å²) in [4.78, 5) is 13.4. The highest BCUT2D eigenvalue weighted by Gasteiger charge is 2.33. The van der Waals surface area contributed by atoms with Crippen LogP contribution in [-0.2, 0) is 4.79 Å². The van der Waals surface area contributed by atoms with E-state index < -0.39 is 6.04 Å². The Hall–Kier alpha value is -1.55. The molecule has 0 fully saturated rings. The monoisotopic (exact) mass is 206 g/mol. The van der Waals surface area contributed by atoms with Crippen molar-refractivity contribution >= 4 is 11.6 Å². The molecular formula is C11H14N2O2. The molecule has 0 saturated heterocycles. The van der Waals surface area contributed by atoms with Gasteiger partial charge in [0.15, 0.2) is 0 Å². The van der Waals surface area contributed by atoms with E-state index in [0.717, 1.165) is 17.0 Å². The van der Waals surface area contributed by atoms with Crippen LogP contribution in [0.25, 0.3) is 0 Å². The third kappa shape index (κ3) is 1.37. The van der Waals surface area contributed by atoms with Gasteiger partial charge in [0, 0.05) is 18.2 Å². The fraction of sp³-hybridized carbons (Fsp3) is 0.364. The number of carbonyl (C=O) groups excluding carboxylic acids is 1. The zero-order chi connectivity index (χ0) is 11.0. The van der Waals surface area contributed by atoms with Crippen LogP contribution in [0, 0.1) is 0 Å². The number of hydrogen-bond donors (Lipinski definition) is 1. The van der Waals surface area contributed by atoms with Crippen LogP contribution in [0.15, 0.2) is 18.2 Å². The quantitative estimate of drug-likeness (QED) is 0.787. The Labute approximate surface area is 88.6 Å². The molecule has 0 spiro atoms. The van der Waals surface area contributed by atoms with E-state index in [-0.39, 0.29) is 5.91 Å². The van der Waals surface area contributed by atoms with Gasteiger partial charge in [-0.15, -0.1) is 0 Å². The van der Waals surface area contributed by atoms with Gasteiger partial charge in [0.25, 0.3) is 0 Å². The molecule has 4 nitrogen and oxygen atoms in total. The number of ether oxygens (including phenoxy) is 1. The minimum absolute atomic E-state index is 0.0410. The highest BCUT2D eigenvalue weighted by Crippen LogP contribution is 2.36. The van der Waals surface area contributed by atoms with Gasteiger partial charge in [-0.05, 0) is 13.0 Å². The summed E-state index contributed by atoms with van der Waals surface area (Å²) in [7, 11) is 1.61. The largest absolute Gasteiger partial charge is 0.497 e. The van der Waals surface area contributed by atoms with Crippen molar-refractivity contribution in [2.24, 2.45) is 5.73 Å². The maximum atomic E-state index is 11.8. The first-order chi connectivity index (χ1) is 7.19. The second kappa shape index (κ2) is 3.55. The predicted molar refractivity (Wildman–Crippen MR) is 57.9 cm³/mol. The van der Waals surface area contributed by atoms with Gasteiger partial charge in [-0.3, -0.25) is 4.79 Å². The Balaban J connectivity index is 2.51. The average Bonchev–Trinajstić information content (AvgIpc) is 2.51. The number of fused-ring (bicyclic) bond motifs is 1. The van der Waals surface area contributed by atoms with Crippen molar-refractivity contribution in [1.82, 2.24) is 0 Å². The lowest BCUT2D eigenvalue weighted by Crippen LogP contribution is -2.31. The number of nitrogens with zero attached hydrogens (tertiary/aromatic N) is 1. The second-order valence-corrected chi connectivity index (χ2v) is 3.48. The number of methoxy groups -OCH3 is 1. The molecule has 0 bridgehead atoms. The number of rotatable bonds is 2. The van der Waals surface area contributed by atoms with Gasteiger partial charge in [0.1, 0.15) is 11.8 Å². The van der Waals surface area contributed by atoms with Crippen molar-refractivity contribution in [3.05, 3.63) is 23.8 Å². The van der Waals surface area contributed by atoms with E-state index >= 15 is 0 Å². The molecule has 15 heavy (non-hydrogen) atoms. The van der Waals surface area contributed by atoms with Crippen molar-refractivity contribution in [2.75, 3.05) is 18.6 Å². The van der Waals surface area contributed by atoms with Crippen LogP contribution in [-0.4, -0.2) is 19.6 Å². The van der Waals surface area contributed by atoms with Crippen molar-refractivity contribution in [3.63, 3.8) is 0 Å². The molecule has 0 saturated carbocycles. The van der Waals surface area contributed by atoms with Crippen LogP contribution < -0.4 is 15.4 Å². The summed E-state index contributed by atoms with van der Waals surface area (Å²) in [6, 6.07) is 5.01. The lowest BCUT2D eigenvalue weighted by atomic mass is 10.1. The first-order valence-electron chi connectivity index (χ1n) is 4.94. The summed E-state index contributed by atoms with van der Waals surface area (Å²) in [5.74, 6) is 0.704. The molecule has 1 atom stereocenters. The molecule has 1 aliphatic rings. The lowest BCUT2D eigenvalue weighted by Gasteiger charge is -2.14. The van der Waals surface area contributed by atoms with Gasteiger partial charge in [-0.25, -0.2) is 0 Å². The Morgan fingerprint density at radius 1 is 1.53 bits per heavy atom. The minimum atomic E-state index is -0.522. The molecule has 0 aromatic heterocycles. The first-order valence-corrected chi connectivity index (χ1v) is 4.94. The number of amides is 1. The van der Waals surface area contributed by atoms with Crippen LogP contribution in [0.1, 0.15) is 18.5 Å². The van der Waals surface area contributed by atoms with Gasteiger partial charge < -0.3 is 15.4 Å². The summed E-state index contributed by atoms with van der Waals surface area (Å²) in [6.45, 7) is 2.56. The minimum Gasteiger partial charge on any atom is -0.497 e. The molecule has 1 aromatic rings. The molecule has 4 heteroatoms. The fourth-order valence-electron chi connectivity index (χ4n) is 1.89. The molecular weight excluding hydrogens is 192 g/mol. The maximum absolute atomic E-state index is 11.8. The number of benzene rings is 1. The van der Waals surface area contributed by atoms with E-state index in [0.29, 0.717) is 6.54 Å². The smallest absolute Gasteiger partial charge is 0.248 e. The highest BCUT2D eigenvalue weighted by molar-refractivity contribution is 6.04. The van der Waals surface area contributed by atoms with E-state index in [1.54, 1.807) is 12.0 Å². The van der Waals surface area contributed by atoms with Crippen LogP contribution in [0.2, 0.25) is 0 Å². The summed E-state index contributed by atoms with van der Waals surface area (Å²) >= 11 is 0. The van der Waals surface area contributed by atoms with E-state index in [9.17, 15) is 4.79 Å². The zero-order valence-electron chi connectivity index (χ0n) is 8.86. The molecule has 80 valence electrons. The highest BCUT2D eigenvalue weighted by atomic mass is 16.5. The van der Waals surface area contributed by atoms with Crippen molar-refractivity contribution in [2.45, 2.75) is 13.0 Å². The zero-order valence-corrected chi connectivity index (χ0v) is 8.86. The Morgan fingerprint density at radius 3 is 2.87 bits per heavy atom. The Kier molecular flexibility index (Phi) is 2.36. The van der Waals surface area contributed by atoms with Crippen LogP contribution >= 0.6 is 0 Å². The van der Waals surface area contributed by atoms with Gasteiger partial charge in [-0.1, -0.05) is 6.07 Å². The molecule has 1 amide bonds. The molecule has 2 rings (SSSR count). The van der Waals surface area contributed by atoms with Crippen LogP contribution in [0.5, 0.6) is 5.75 Å². The Bertz CT molecular complexity index is 404. The van der Waals surface area contributed by atoms with Gasteiger partial charge in [0.2, 0.25) is 5.91 Å². The third-order valence-corrected chi connectivity index (χ3v) is 2.71. The SMILES string of the molecule is CCN1C(=O)C(N)c2ccc(OC)cc21. The number of anilines is 1. The molecule has 1 unspecified atom stereocenters. The van der Waals surface area contributed by atoms with E-state index in [2.05, 4.69) is 0 Å². The number of carbonyl (C=O) groups is 1. The van der Waals surface area contributed by atoms with E-state index in [1.807, 2.05) is 25.1 Å². The van der Waals surface area contributed by atoms with Crippen LogP contribution in [0.3, 0.4) is 0 Å². The van der Waals surface area contributed by atoms with Gasteiger partial charge >= 0.3 is 0 Å². The fourth-order valence-corrected chi connectivity index (χ4v) is 1.89. The maximum Gasteiger partial charge on any atom is 0.248 e. The molecule has 0 aliphatic carbocycles. The van der Waals surface area contributed by atoms with E-state index in [1.165, 1.54) is 0 Å². The van der Waals surface area contributed by atoms with E-state index in [4.69, 9.17) is 10.5 Å². The van der Waals surface area contributed by atoms with Gasteiger partial charge in [0.05, 0.1) is 12.8 Å². The second-order valence-electron chi connectivity index (χ2n) is 3.48. The van der Waals surface area contributed by atoms with Gasteiger partial charge in [-0.2, -0.15) is 0 Å². The molecule has 1 aliphatic heterocycles. The number of nitrogens with two attached hydrogens (primary N) is 1. The van der Waals surface area contributed by atoms with Crippen molar-refractivity contribution in [1.29, 1.82) is 0 Å². The summed E-state index contributed by atoms with van der Waals surface area (Å²) in [5, 5.41) is 0. The molecule has 0 radical (unpaired) electrons. The molecule has 2 N–H and O–H groups in total. The Morgan fingerprint density at radius 2 is 2.27 bits per heavy atom. The first kappa shape index (κ1) is 9.98. The molecule has 1 aromatic carbocycles. The molecule has 1 heterocycles. The average molecular weight is 206 g/mol. The summed E-state index contributed by atoms with van der Waals surface area (Å²) in [6.07, 6.45) is 0. The predicted octanol–water partition coefficient (Wildman–Crippen LogP) is 1.06. The van der Waals surface area contributed by atoms with Crippen molar-refractivity contribution in [3.8, 4) is 5.75 Å². The standard InChI is InChI=1S/C11H14N2O2/c1-3-13-9-6-7(15-2)4-5-8(9)10(12)11(13)14/h4-6,10H,3,12H2,1-2H3. The summed E-state index contributed by atoms with van der Waals surface area (Å²) < 4.78 is 5.12. The topological polar surface area (TPSA) is 55.6 Å². The number of hydrogen-bond acceptors (Lipinski definition) is 3. The normalized spacial score (nSPS) is 19.3. The third-order valence-electron chi connectivity index (χ3n) is 2.71.